The van der Waals surface area contributed by atoms with E-state index in [0.29, 0.717) is 45.2 Å². The lowest BCUT2D eigenvalue weighted by Gasteiger charge is -2.16. The molecule has 0 aliphatic carbocycles. The van der Waals surface area contributed by atoms with E-state index in [1.807, 2.05) is 32.9 Å². The van der Waals surface area contributed by atoms with E-state index in [9.17, 15) is 4.79 Å². The van der Waals surface area contributed by atoms with E-state index in [4.69, 9.17) is 21.1 Å². The van der Waals surface area contributed by atoms with Gasteiger partial charge in [0.1, 0.15) is 5.82 Å². The number of nitrogens with zero attached hydrogens (tertiary/aromatic N) is 3. The van der Waals surface area contributed by atoms with Crippen LogP contribution in [-0.4, -0.2) is 29.1 Å². The Labute approximate surface area is 182 Å². The molecule has 0 bridgehead atoms. The van der Waals surface area contributed by atoms with Crippen molar-refractivity contribution in [1.82, 2.24) is 9.66 Å². The van der Waals surface area contributed by atoms with Crippen molar-refractivity contribution in [2.75, 3.05) is 7.11 Å². The van der Waals surface area contributed by atoms with Gasteiger partial charge in [-0.05, 0) is 38.1 Å². The molecule has 0 aliphatic heterocycles. The number of ether oxygens (including phenoxy) is 2. The molecule has 1 aromatic heterocycles. The molecule has 0 radical (unpaired) electrons. The van der Waals surface area contributed by atoms with Crippen molar-refractivity contribution in [3.05, 3.63) is 61.6 Å². The van der Waals surface area contributed by atoms with Crippen molar-refractivity contribution in [3.63, 3.8) is 0 Å². The third kappa shape index (κ3) is 4.62. The number of aromatic nitrogens is 2. The lowest BCUT2D eigenvalue weighted by atomic mass is 10.2. The van der Waals surface area contributed by atoms with Crippen LogP contribution in [0.2, 0.25) is 5.02 Å². The maximum absolute atomic E-state index is 13.0. The highest BCUT2D eigenvalue weighted by molar-refractivity contribution is 9.10. The van der Waals surface area contributed by atoms with Crippen LogP contribution in [0.15, 0.2) is 44.7 Å². The van der Waals surface area contributed by atoms with E-state index >= 15 is 0 Å². The molecule has 29 heavy (non-hydrogen) atoms. The molecular weight excluding hydrogens is 458 g/mol. The predicted octanol–water partition coefficient (Wildman–Crippen LogP) is 5.05. The summed E-state index contributed by atoms with van der Waals surface area (Å²) < 4.78 is 13.4. The van der Waals surface area contributed by atoms with Crippen molar-refractivity contribution >= 4 is 44.6 Å². The lowest BCUT2D eigenvalue weighted by Crippen LogP contribution is -2.22. The van der Waals surface area contributed by atoms with Gasteiger partial charge in [-0.1, -0.05) is 34.5 Å². The van der Waals surface area contributed by atoms with Gasteiger partial charge in [0.15, 0.2) is 11.5 Å². The average Bonchev–Trinajstić information content (AvgIpc) is 2.68. The Morgan fingerprint density at radius 1 is 1.31 bits per heavy atom. The summed E-state index contributed by atoms with van der Waals surface area (Å²) in [5.41, 5.74) is 0.991. The van der Waals surface area contributed by atoms with Gasteiger partial charge in [-0.2, -0.15) is 9.78 Å². The first kappa shape index (κ1) is 21.3. The van der Waals surface area contributed by atoms with Crippen molar-refractivity contribution in [2.45, 2.75) is 33.3 Å². The third-order valence-electron chi connectivity index (χ3n) is 4.13. The zero-order valence-corrected chi connectivity index (χ0v) is 18.9. The molecule has 3 aromatic rings. The highest BCUT2D eigenvalue weighted by Gasteiger charge is 2.14. The van der Waals surface area contributed by atoms with Crippen LogP contribution in [-0.2, 0) is 6.42 Å². The van der Waals surface area contributed by atoms with E-state index in [1.54, 1.807) is 25.3 Å². The fourth-order valence-electron chi connectivity index (χ4n) is 2.86. The van der Waals surface area contributed by atoms with E-state index in [0.717, 1.165) is 4.47 Å². The standard InChI is InChI=1S/C21H21BrClN3O3/c1-5-19-25-17-7-6-14(22)9-16(17)21(27)26(19)24-11-13-8-15(23)10-18(28-4)20(13)29-12(2)3/h6-12H,5H2,1-4H3. The minimum Gasteiger partial charge on any atom is -0.493 e. The van der Waals surface area contributed by atoms with Gasteiger partial charge >= 0.3 is 0 Å². The molecule has 2 aromatic carbocycles. The van der Waals surface area contributed by atoms with Gasteiger partial charge in [-0.25, -0.2) is 4.98 Å². The minimum atomic E-state index is -0.246. The highest BCUT2D eigenvalue weighted by atomic mass is 79.9. The number of aryl methyl sites for hydroxylation is 1. The fourth-order valence-corrected chi connectivity index (χ4v) is 3.44. The van der Waals surface area contributed by atoms with E-state index in [2.05, 4.69) is 26.0 Å². The van der Waals surface area contributed by atoms with Crippen molar-refractivity contribution in [3.8, 4) is 11.5 Å². The molecule has 8 heteroatoms. The van der Waals surface area contributed by atoms with E-state index in [1.165, 1.54) is 10.9 Å². The number of benzene rings is 2. The summed E-state index contributed by atoms with van der Waals surface area (Å²) in [6.07, 6.45) is 2.01. The van der Waals surface area contributed by atoms with E-state index < -0.39 is 0 Å². The maximum Gasteiger partial charge on any atom is 0.282 e. The SMILES string of the molecule is CCc1nc2ccc(Br)cc2c(=O)n1N=Cc1cc(Cl)cc(OC)c1OC(C)C. The Morgan fingerprint density at radius 2 is 2.07 bits per heavy atom. The molecule has 3 rings (SSSR count). The van der Waals surface area contributed by atoms with Gasteiger partial charge in [0.2, 0.25) is 0 Å². The average molecular weight is 479 g/mol. The van der Waals surface area contributed by atoms with Crippen LogP contribution in [0.1, 0.15) is 32.2 Å². The zero-order chi connectivity index (χ0) is 21.1. The van der Waals surface area contributed by atoms with Crippen LogP contribution < -0.4 is 15.0 Å². The summed E-state index contributed by atoms with van der Waals surface area (Å²) in [6, 6.07) is 8.80. The van der Waals surface area contributed by atoms with Crippen molar-refractivity contribution < 1.29 is 9.47 Å². The molecule has 0 amide bonds. The van der Waals surface area contributed by atoms with Crippen molar-refractivity contribution in [1.29, 1.82) is 0 Å². The highest BCUT2D eigenvalue weighted by Crippen LogP contribution is 2.34. The van der Waals surface area contributed by atoms with Crippen molar-refractivity contribution in [2.24, 2.45) is 5.10 Å². The second-order valence-electron chi connectivity index (χ2n) is 6.60. The Balaban J connectivity index is 2.17. The Morgan fingerprint density at radius 3 is 2.72 bits per heavy atom. The first-order valence-electron chi connectivity index (χ1n) is 9.13. The molecule has 0 saturated heterocycles. The Hall–Kier alpha value is -2.38. The largest absolute Gasteiger partial charge is 0.493 e. The topological polar surface area (TPSA) is 65.7 Å². The summed E-state index contributed by atoms with van der Waals surface area (Å²) in [5, 5.41) is 5.38. The smallest absolute Gasteiger partial charge is 0.282 e. The lowest BCUT2D eigenvalue weighted by molar-refractivity contribution is 0.230. The summed E-state index contributed by atoms with van der Waals surface area (Å²) in [4.78, 5) is 17.6. The number of fused-ring (bicyclic) bond motifs is 1. The Bertz CT molecular complexity index is 1140. The van der Waals surface area contributed by atoms with Gasteiger partial charge in [0, 0.05) is 27.5 Å². The first-order valence-corrected chi connectivity index (χ1v) is 10.3. The molecule has 152 valence electrons. The summed E-state index contributed by atoms with van der Waals surface area (Å²) in [7, 11) is 1.55. The monoisotopic (exact) mass is 477 g/mol. The summed E-state index contributed by atoms with van der Waals surface area (Å²) in [6.45, 7) is 5.76. The molecule has 0 unspecified atom stereocenters. The second kappa shape index (κ2) is 8.97. The second-order valence-corrected chi connectivity index (χ2v) is 7.95. The van der Waals surface area contributed by atoms with Gasteiger partial charge < -0.3 is 9.47 Å². The van der Waals surface area contributed by atoms with Crippen LogP contribution in [0.4, 0.5) is 0 Å². The van der Waals surface area contributed by atoms with Gasteiger partial charge in [0.05, 0.1) is 30.3 Å². The molecule has 0 N–H and O–H groups in total. The summed E-state index contributed by atoms with van der Waals surface area (Å²) in [5.74, 6) is 1.57. The van der Waals surface area contributed by atoms with Crippen LogP contribution in [0, 0.1) is 0 Å². The third-order valence-corrected chi connectivity index (χ3v) is 4.84. The number of rotatable bonds is 6. The number of methoxy groups -OCH3 is 1. The van der Waals surface area contributed by atoms with Gasteiger partial charge in [-0.3, -0.25) is 4.79 Å². The Kier molecular flexibility index (Phi) is 6.59. The van der Waals surface area contributed by atoms with Crippen LogP contribution in [0.25, 0.3) is 10.9 Å². The molecule has 0 fully saturated rings. The van der Waals surface area contributed by atoms with Crippen LogP contribution in [0.3, 0.4) is 0 Å². The predicted molar refractivity (Wildman–Crippen MR) is 120 cm³/mol. The quantitative estimate of drug-likeness (QED) is 0.465. The molecule has 0 aliphatic rings. The first-order chi connectivity index (χ1) is 13.8. The maximum atomic E-state index is 13.0. The molecule has 0 atom stereocenters. The van der Waals surface area contributed by atoms with E-state index in [-0.39, 0.29) is 11.7 Å². The normalized spacial score (nSPS) is 11.6. The molecular formula is C21H21BrClN3O3. The number of hydrogen-bond donors (Lipinski definition) is 0. The molecule has 1 heterocycles. The molecule has 6 nitrogen and oxygen atoms in total. The van der Waals surface area contributed by atoms with Gasteiger partial charge in [-0.15, -0.1) is 0 Å². The van der Waals surface area contributed by atoms with Crippen LogP contribution >= 0.6 is 27.5 Å². The number of hydrogen-bond acceptors (Lipinski definition) is 5. The zero-order valence-electron chi connectivity index (χ0n) is 16.6. The van der Waals surface area contributed by atoms with Gasteiger partial charge in [0.25, 0.3) is 5.56 Å². The number of halogens is 2. The minimum absolute atomic E-state index is 0.0779. The summed E-state index contributed by atoms with van der Waals surface area (Å²) >= 11 is 9.62. The van der Waals surface area contributed by atoms with Crippen LogP contribution in [0.5, 0.6) is 11.5 Å². The molecule has 0 spiro atoms. The fraction of sp³-hybridized carbons (Fsp3) is 0.286. The molecule has 0 saturated carbocycles.